The molecule has 0 aliphatic carbocycles. The number of nitrogens with one attached hydrogen (secondary N) is 1. The number of hydrogen-bond acceptors (Lipinski definition) is 8. The van der Waals surface area contributed by atoms with Crippen LogP contribution in [0, 0.1) is 5.92 Å². The molecule has 0 radical (unpaired) electrons. The van der Waals surface area contributed by atoms with Crippen molar-refractivity contribution in [1.82, 2.24) is 0 Å². The summed E-state index contributed by atoms with van der Waals surface area (Å²) in [5.74, 6) is -2.81. The van der Waals surface area contributed by atoms with Crippen LogP contribution in [0.3, 0.4) is 0 Å². The highest BCUT2D eigenvalue weighted by Crippen LogP contribution is 2.31. The minimum absolute atomic E-state index is 0.00319. The third-order valence-electron chi connectivity index (χ3n) is 6.78. The number of carbonyl (C=O) groups excluding carboxylic acids is 2. The van der Waals surface area contributed by atoms with E-state index in [1.807, 2.05) is 12.1 Å². The lowest BCUT2D eigenvalue weighted by molar-refractivity contribution is -0.344. The summed E-state index contributed by atoms with van der Waals surface area (Å²) in [5, 5.41) is 27.1. The molecule has 0 fully saturated rings. The van der Waals surface area contributed by atoms with Crippen molar-refractivity contribution < 1.29 is 51.3 Å². The van der Waals surface area contributed by atoms with Crippen LogP contribution in [0.15, 0.2) is 82.8 Å². The van der Waals surface area contributed by atoms with Crippen LogP contribution in [0.4, 0.5) is 18.9 Å². The number of amides is 1. The monoisotopic (exact) mass is 677 g/mol. The number of primary sulfonamides is 1. The second kappa shape index (κ2) is 15.2. The van der Waals surface area contributed by atoms with E-state index in [1.165, 1.54) is 6.07 Å². The molecule has 16 heteroatoms. The van der Waals surface area contributed by atoms with Crippen LogP contribution in [0.25, 0.3) is 11.1 Å². The van der Waals surface area contributed by atoms with Crippen molar-refractivity contribution in [1.29, 1.82) is 0 Å². The molecule has 12 nitrogen and oxygen atoms in total. The number of amidine groups is 1. The number of carboxylic acids is 1. The maximum absolute atomic E-state index is 13.6. The minimum Gasteiger partial charge on any atom is -0.542 e. The number of oxime groups is 1. The molecular formula is C31H34F3N5O7S. The van der Waals surface area contributed by atoms with Gasteiger partial charge >= 0.3 is 6.18 Å². The molecule has 1 amide bonds. The number of alkyl halides is 3. The Labute approximate surface area is 269 Å². The molecule has 0 saturated carbocycles. The van der Waals surface area contributed by atoms with E-state index in [1.54, 1.807) is 54.6 Å². The number of anilines is 1. The lowest BCUT2D eigenvalue weighted by Gasteiger charge is -2.25. The van der Waals surface area contributed by atoms with Gasteiger partial charge in [-0.3, -0.25) is 15.9 Å². The number of ether oxygens (including phenoxy) is 1. The van der Waals surface area contributed by atoms with Crippen molar-refractivity contribution in [3.8, 4) is 11.1 Å². The summed E-state index contributed by atoms with van der Waals surface area (Å²) < 4.78 is 61.5. The normalized spacial score (nSPS) is 16.0. The van der Waals surface area contributed by atoms with E-state index in [4.69, 9.17) is 35.8 Å². The van der Waals surface area contributed by atoms with E-state index in [-0.39, 0.29) is 23.8 Å². The van der Waals surface area contributed by atoms with Gasteiger partial charge in [-0.1, -0.05) is 61.5 Å². The summed E-state index contributed by atoms with van der Waals surface area (Å²) in [5.41, 5.74) is 7.92. The number of rotatable bonds is 11. The number of aliphatic carboxylic acids is 1. The Bertz CT molecular complexity index is 1750. The van der Waals surface area contributed by atoms with Crippen molar-refractivity contribution in [2.75, 3.05) is 18.5 Å². The van der Waals surface area contributed by atoms with Crippen LogP contribution < -0.4 is 26.7 Å². The van der Waals surface area contributed by atoms with Gasteiger partial charge in [0.25, 0.3) is 11.7 Å². The van der Waals surface area contributed by atoms with Gasteiger partial charge in [0.05, 0.1) is 22.8 Å². The highest BCUT2D eigenvalue weighted by molar-refractivity contribution is 7.89. The smallest absolute Gasteiger partial charge is 0.430 e. The van der Waals surface area contributed by atoms with Gasteiger partial charge in [0.15, 0.2) is 0 Å². The predicted molar refractivity (Wildman–Crippen MR) is 165 cm³/mol. The minimum atomic E-state index is -5.19. The summed E-state index contributed by atoms with van der Waals surface area (Å²) in [4.78, 5) is 28.2. The fraction of sp³-hybridized carbons (Fsp3) is 0.290. The zero-order chi connectivity index (χ0) is 35.0. The second-order valence-corrected chi connectivity index (χ2v) is 12.5. The summed E-state index contributed by atoms with van der Waals surface area (Å²) >= 11 is 0. The fourth-order valence-electron chi connectivity index (χ4n) is 4.26. The number of benzene rings is 3. The van der Waals surface area contributed by atoms with Crippen molar-refractivity contribution in [2.24, 2.45) is 21.9 Å². The molecule has 1 unspecified atom stereocenters. The largest absolute Gasteiger partial charge is 0.542 e. The number of halogens is 3. The summed E-state index contributed by atoms with van der Waals surface area (Å²) in [6.07, 6.45) is -4.19. The maximum Gasteiger partial charge on any atom is 0.430 e. The molecule has 1 heterocycles. The first-order chi connectivity index (χ1) is 21.9. The SMILES string of the molecule is CC(C)CCOCC1(C(=O)Nc2ccc(-c3ccccc3S(N)(=O)=O)cc2)CC(c2cccc(C(N)=[NH2+])c2)=NO1.O=C([O-])C(F)(F)F. The van der Waals surface area contributed by atoms with Crippen molar-refractivity contribution in [3.63, 3.8) is 0 Å². The quantitative estimate of drug-likeness (QED) is 0.132. The van der Waals surface area contributed by atoms with Gasteiger partial charge < -0.3 is 24.8 Å². The third-order valence-corrected chi connectivity index (χ3v) is 7.75. The highest BCUT2D eigenvalue weighted by Gasteiger charge is 2.47. The molecule has 252 valence electrons. The first-order valence-electron chi connectivity index (χ1n) is 14.1. The fourth-order valence-corrected chi connectivity index (χ4v) is 5.02. The zero-order valence-corrected chi connectivity index (χ0v) is 26.2. The zero-order valence-electron chi connectivity index (χ0n) is 25.4. The Hall–Kier alpha value is -4.80. The van der Waals surface area contributed by atoms with Crippen LogP contribution in [0.5, 0.6) is 0 Å². The Balaban J connectivity index is 0.000000771. The van der Waals surface area contributed by atoms with E-state index < -0.39 is 33.7 Å². The Kier molecular flexibility index (Phi) is 11.9. The van der Waals surface area contributed by atoms with Gasteiger partial charge in [0, 0.05) is 29.8 Å². The van der Waals surface area contributed by atoms with E-state index in [2.05, 4.69) is 24.3 Å². The van der Waals surface area contributed by atoms with E-state index in [0.717, 1.165) is 12.0 Å². The molecule has 0 bridgehead atoms. The standard InChI is InChI=1S/C29H33N5O5S.C2HF3O2/c1-19(2)14-15-38-18-29(17-25(34-39-29)21-6-5-7-22(16-21)27(30)31)28(35)33-23-12-10-20(11-13-23)24-8-3-4-9-26(24)40(32,36)37;3-2(4,5)1(6)7/h3-13,16,19H,14-15,17-18H2,1-2H3,(H3,30,31)(H,33,35)(H2,32,36,37);(H,6,7). The Morgan fingerprint density at radius 3 is 2.30 bits per heavy atom. The first kappa shape index (κ1) is 36.7. The molecule has 0 aromatic heterocycles. The van der Waals surface area contributed by atoms with Crippen LogP contribution in [0.2, 0.25) is 0 Å². The van der Waals surface area contributed by atoms with Crippen molar-refractivity contribution in [2.45, 2.75) is 43.4 Å². The number of sulfonamides is 1. The predicted octanol–water partition coefficient (Wildman–Crippen LogP) is 1.33. The van der Waals surface area contributed by atoms with E-state index >= 15 is 0 Å². The molecule has 3 aromatic rings. The molecule has 0 spiro atoms. The van der Waals surface area contributed by atoms with E-state index in [0.29, 0.717) is 40.6 Å². The number of carbonyl (C=O) groups is 2. The van der Waals surface area contributed by atoms with Gasteiger partial charge in [-0.05, 0) is 48.2 Å². The van der Waals surface area contributed by atoms with Gasteiger partial charge in [0.2, 0.25) is 15.6 Å². The topological polar surface area (TPSA) is 212 Å². The van der Waals surface area contributed by atoms with Crippen LogP contribution in [0.1, 0.15) is 37.8 Å². The van der Waals surface area contributed by atoms with Crippen LogP contribution >= 0.6 is 0 Å². The van der Waals surface area contributed by atoms with Gasteiger partial charge in [-0.15, -0.1) is 0 Å². The summed E-state index contributed by atoms with van der Waals surface area (Å²) in [7, 11) is -3.91. The molecule has 0 saturated heterocycles. The highest BCUT2D eigenvalue weighted by atomic mass is 32.2. The number of hydrogen-bond donors (Lipinski definition) is 4. The van der Waals surface area contributed by atoms with Crippen LogP contribution in [-0.4, -0.2) is 56.8 Å². The van der Waals surface area contributed by atoms with Crippen molar-refractivity contribution in [3.05, 3.63) is 83.9 Å². The lowest BCUT2D eigenvalue weighted by Crippen LogP contribution is -2.47. The van der Waals surface area contributed by atoms with Gasteiger partial charge in [0.1, 0.15) is 5.97 Å². The first-order valence-corrected chi connectivity index (χ1v) is 15.6. The van der Waals surface area contributed by atoms with Crippen molar-refractivity contribution >= 4 is 39.1 Å². The number of nitrogens with two attached hydrogens (primary N) is 3. The third kappa shape index (κ3) is 10.1. The van der Waals surface area contributed by atoms with Gasteiger partial charge in [-0.2, -0.15) is 13.2 Å². The molecule has 7 N–H and O–H groups in total. The molecule has 1 aliphatic rings. The van der Waals surface area contributed by atoms with E-state index in [9.17, 15) is 26.4 Å². The average molecular weight is 678 g/mol. The number of carboxylic acid groups (broad SMARTS) is 1. The summed E-state index contributed by atoms with van der Waals surface area (Å²) in [6.45, 7) is 4.66. The number of nitrogens with zero attached hydrogens (tertiary/aromatic N) is 1. The average Bonchev–Trinajstić information content (AvgIpc) is 3.45. The molecule has 4 rings (SSSR count). The lowest BCUT2D eigenvalue weighted by atomic mass is 9.93. The molecular weight excluding hydrogens is 643 g/mol. The Morgan fingerprint density at radius 1 is 1.09 bits per heavy atom. The van der Waals surface area contributed by atoms with Gasteiger partial charge in [-0.25, -0.2) is 13.6 Å². The summed E-state index contributed by atoms with van der Waals surface area (Å²) in [6, 6.07) is 20.5. The molecule has 1 atom stereocenters. The Morgan fingerprint density at radius 2 is 1.72 bits per heavy atom. The van der Waals surface area contributed by atoms with Crippen LogP contribution in [-0.2, 0) is 29.2 Å². The maximum atomic E-state index is 13.6. The molecule has 3 aromatic carbocycles. The second-order valence-electron chi connectivity index (χ2n) is 10.9. The molecule has 47 heavy (non-hydrogen) atoms. The molecule has 1 aliphatic heterocycles.